The van der Waals surface area contributed by atoms with Crippen LogP contribution in [0.5, 0.6) is 0 Å². The van der Waals surface area contributed by atoms with Crippen LogP contribution in [-0.2, 0) is 4.74 Å². The molecule has 7 heteroatoms. The van der Waals surface area contributed by atoms with Gasteiger partial charge >= 0.3 is 0 Å². The fourth-order valence-corrected chi connectivity index (χ4v) is 3.79. The zero-order valence-electron chi connectivity index (χ0n) is 15.6. The fraction of sp³-hybridized carbons (Fsp3) is 0.333. The third-order valence-corrected chi connectivity index (χ3v) is 5.23. The summed E-state index contributed by atoms with van der Waals surface area (Å²) in [5.74, 6) is 1.63. The molecule has 0 atom stereocenters. The molecular formula is C21H22N6O. The SMILES string of the molecule is C1=NC(c2cccc3c2nc(NCCN2CCOCC2)c2ccncc23)=NC1. The highest BCUT2D eigenvalue weighted by molar-refractivity contribution is 6.18. The highest BCUT2D eigenvalue weighted by atomic mass is 16.5. The first-order valence-corrected chi connectivity index (χ1v) is 9.68. The molecule has 28 heavy (non-hydrogen) atoms. The lowest BCUT2D eigenvalue weighted by atomic mass is 10.0. The minimum atomic E-state index is 0.630. The van der Waals surface area contributed by atoms with Gasteiger partial charge in [-0.25, -0.2) is 9.98 Å². The molecule has 1 N–H and O–H groups in total. The van der Waals surface area contributed by atoms with Crippen LogP contribution in [0, 0.1) is 0 Å². The van der Waals surface area contributed by atoms with Crippen molar-refractivity contribution in [1.82, 2.24) is 14.9 Å². The van der Waals surface area contributed by atoms with Gasteiger partial charge in [0, 0.05) is 66.5 Å². The van der Waals surface area contributed by atoms with Crippen LogP contribution >= 0.6 is 0 Å². The Balaban J connectivity index is 1.53. The quantitative estimate of drug-likeness (QED) is 0.694. The van der Waals surface area contributed by atoms with Gasteiger partial charge in [0.15, 0.2) is 5.84 Å². The van der Waals surface area contributed by atoms with Gasteiger partial charge in [-0.1, -0.05) is 12.1 Å². The minimum Gasteiger partial charge on any atom is -0.379 e. The average Bonchev–Trinajstić information content (AvgIpc) is 3.29. The number of rotatable bonds is 5. The van der Waals surface area contributed by atoms with Crippen molar-refractivity contribution in [3.8, 4) is 0 Å². The highest BCUT2D eigenvalue weighted by Gasteiger charge is 2.16. The van der Waals surface area contributed by atoms with Crippen LogP contribution in [0.1, 0.15) is 5.56 Å². The fourth-order valence-electron chi connectivity index (χ4n) is 3.79. The van der Waals surface area contributed by atoms with E-state index >= 15 is 0 Å². The molecule has 0 bridgehead atoms. The van der Waals surface area contributed by atoms with Crippen molar-refractivity contribution >= 4 is 39.5 Å². The van der Waals surface area contributed by atoms with E-state index in [1.807, 2.05) is 36.8 Å². The van der Waals surface area contributed by atoms with E-state index in [0.717, 1.165) is 78.3 Å². The molecule has 3 aromatic rings. The lowest BCUT2D eigenvalue weighted by Gasteiger charge is -2.26. The monoisotopic (exact) mass is 374 g/mol. The van der Waals surface area contributed by atoms with Crippen molar-refractivity contribution in [1.29, 1.82) is 0 Å². The molecule has 0 unspecified atom stereocenters. The normalized spacial score (nSPS) is 17.4. The molecule has 1 fully saturated rings. The predicted octanol–water partition coefficient (Wildman–Crippen LogP) is 2.36. The second-order valence-electron chi connectivity index (χ2n) is 6.94. The first-order chi connectivity index (χ1) is 13.9. The van der Waals surface area contributed by atoms with Crippen LogP contribution in [0.3, 0.4) is 0 Å². The molecule has 2 aliphatic rings. The number of benzene rings is 1. The second kappa shape index (κ2) is 7.61. The maximum atomic E-state index is 5.43. The number of nitrogens with zero attached hydrogens (tertiary/aromatic N) is 5. The highest BCUT2D eigenvalue weighted by Crippen LogP contribution is 2.31. The standard InChI is InChI=1S/C21H22N6O/c1-2-15-18-14-22-5-4-16(18)21(25-8-9-27-10-12-28-13-11-27)26-19(15)17(3-1)20-23-6-7-24-20/h1-6,14H,7-13H2,(H,25,26). The van der Waals surface area contributed by atoms with Gasteiger partial charge in [-0.05, 0) is 12.1 Å². The molecule has 7 nitrogen and oxygen atoms in total. The van der Waals surface area contributed by atoms with Crippen LogP contribution in [0.2, 0.25) is 0 Å². The molecule has 2 aliphatic heterocycles. The number of nitrogens with one attached hydrogen (secondary N) is 1. The van der Waals surface area contributed by atoms with Crippen molar-refractivity contribution in [3.05, 3.63) is 42.2 Å². The number of aliphatic imine (C=N–C) groups is 2. The molecule has 142 valence electrons. The van der Waals surface area contributed by atoms with E-state index in [0.29, 0.717) is 6.54 Å². The van der Waals surface area contributed by atoms with E-state index in [9.17, 15) is 0 Å². The second-order valence-corrected chi connectivity index (χ2v) is 6.94. The summed E-state index contributed by atoms with van der Waals surface area (Å²) in [4.78, 5) is 20.7. The zero-order valence-corrected chi connectivity index (χ0v) is 15.6. The molecule has 4 heterocycles. The van der Waals surface area contributed by atoms with Gasteiger partial charge in [-0.15, -0.1) is 0 Å². The molecule has 0 spiro atoms. The third-order valence-electron chi connectivity index (χ3n) is 5.23. The number of amidine groups is 1. The van der Waals surface area contributed by atoms with Crippen LogP contribution in [-0.4, -0.2) is 72.9 Å². The van der Waals surface area contributed by atoms with Crippen LogP contribution in [0.25, 0.3) is 21.7 Å². The van der Waals surface area contributed by atoms with E-state index in [4.69, 9.17) is 9.72 Å². The van der Waals surface area contributed by atoms with E-state index in [1.165, 1.54) is 0 Å². The summed E-state index contributed by atoms with van der Waals surface area (Å²) >= 11 is 0. The number of morpholine rings is 1. The lowest BCUT2D eigenvalue weighted by Crippen LogP contribution is -2.39. The smallest absolute Gasteiger partial charge is 0.156 e. The molecule has 0 saturated carbocycles. The van der Waals surface area contributed by atoms with Crippen LogP contribution in [0.15, 0.2) is 46.6 Å². The van der Waals surface area contributed by atoms with Gasteiger partial charge in [0.25, 0.3) is 0 Å². The number of fused-ring (bicyclic) bond motifs is 3. The number of pyridine rings is 2. The molecule has 0 aliphatic carbocycles. The lowest BCUT2D eigenvalue weighted by molar-refractivity contribution is 0.0398. The Morgan fingerprint density at radius 2 is 2.00 bits per heavy atom. The van der Waals surface area contributed by atoms with Crippen LogP contribution in [0.4, 0.5) is 5.82 Å². The molecule has 2 aromatic heterocycles. The van der Waals surface area contributed by atoms with Crippen LogP contribution < -0.4 is 5.32 Å². The summed E-state index contributed by atoms with van der Waals surface area (Å²) in [6.07, 6.45) is 5.56. The van der Waals surface area contributed by atoms with Crippen molar-refractivity contribution < 1.29 is 4.74 Å². The maximum Gasteiger partial charge on any atom is 0.156 e. The van der Waals surface area contributed by atoms with Gasteiger partial charge in [-0.2, -0.15) is 0 Å². The van der Waals surface area contributed by atoms with E-state index in [-0.39, 0.29) is 0 Å². The molecule has 0 amide bonds. The third kappa shape index (κ3) is 3.23. The van der Waals surface area contributed by atoms with Gasteiger partial charge < -0.3 is 10.1 Å². The van der Waals surface area contributed by atoms with Crippen molar-refractivity contribution in [2.24, 2.45) is 9.98 Å². The summed E-state index contributed by atoms with van der Waals surface area (Å²) < 4.78 is 5.43. The van der Waals surface area contributed by atoms with Gasteiger partial charge in [0.2, 0.25) is 0 Å². The largest absolute Gasteiger partial charge is 0.379 e. The van der Waals surface area contributed by atoms with Crippen molar-refractivity contribution in [3.63, 3.8) is 0 Å². The number of hydrogen-bond donors (Lipinski definition) is 1. The molecular weight excluding hydrogens is 352 g/mol. The average molecular weight is 374 g/mol. The summed E-state index contributed by atoms with van der Waals surface area (Å²) in [7, 11) is 0. The number of hydrogen-bond acceptors (Lipinski definition) is 7. The van der Waals surface area contributed by atoms with E-state index in [1.54, 1.807) is 0 Å². The van der Waals surface area contributed by atoms with E-state index in [2.05, 4.69) is 31.3 Å². The summed E-state index contributed by atoms with van der Waals surface area (Å²) in [6, 6.07) is 8.19. The molecule has 1 saturated heterocycles. The summed E-state index contributed by atoms with van der Waals surface area (Å²) in [6.45, 7) is 6.03. The first kappa shape index (κ1) is 17.2. The summed E-state index contributed by atoms with van der Waals surface area (Å²) in [5, 5.41) is 6.79. The Morgan fingerprint density at radius 3 is 2.86 bits per heavy atom. The zero-order chi connectivity index (χ0) is 18.8. The van der Waals surface area contributed by atoms with Gasteiger partial charge in [0.05, 0.1) is 25.3 Å². The Morgan fingerprint density at radius 1 is 1.07 bits per heavy atom. The number of anilines is 1. The molecule has 0 radical (unpaired) electrons. The number of ether oxygens (including phenoxy) is 1. The van der Waals surface area contributed by atoms with Gasteiger partial charge in [-0.3, -0.25) is 14.9 Å². The van der Waals surface area contributed by atoms with Crippen molar-refractivity contribution in [2.45, 2.75) is 0 Å². The Bertz CT molecular complexity index is 1070. The Hall–Kier alpha value is -2.90. The maximum absolute atomic E-state index is 5.43. The van der Waals surface area contributed by atoms with Crippen molar-refractivity contribution in [2.75, 3.05) is 51.3 Å². The van der Waals surface area contributed by atoms with E-state index < -0.39 is 0 Å². The molecule has 1 aromatic carbocycles. The Kier molecular flexibility index (Phi) is 4.68. The first-order valence-electron chi connectivity index (χ1n) is 9.68. The molecule has 5 rings (SSSR count). The summed E-state index contributed by atoms with van der Waals surface area (Å²) in [5.41, 5.74) is 1.88. The predicted molar refractivity (Wildman–Crippen MR) is 113 cm³/mol. The Labute approximate surface area is 163 Å². The number of para-hydroxylation sites is 1. The number of aromatic nitrogens is 2. The van der Waals surface area contributed by atoms with Gasteiger partial charge in [0.1, 0.15) is 5.82 Å². The minimum absolute atomic E-state index is 0.630. The topological polar surface area (TPSA) is 75.0 Å².